The van der Waals surface area contributed by atoms with Gasteiger partial charge in [0.2, 0.25) is 0 Å². The minimum absolute atomic E-state index is 0.0421. The summed E-state index contributed by atoms with van der Waals surface area (Å²) >= 11 is 0. The van der Waals surface area contributed by atoms with E-state index in [1.54, 1.807) is 0 Å². The van der Waals surface area contributed by atoms with Crippen LogP contribution >= 0.6 is 0 Å². The molecule has 1 N–H and O–H groups in total. The molecule has 1 fully saturated rings. The first kappa shape index (κ1) is 21.1. The van der Waals surface area contributed by atoms with Crippen LogP contribution in [0.2, 0.25) is 0 Å². The molecule has 150 valence electrons. The minimum Gasteiger partial charge on any atom is -0.504 e. The van der Waals surface area contributed by atoms with Crippen LogP contribution in [0.15, 0.2) is 18.2 Å². The SMILES string of the molecule is CCCCCC(CC)(CC)C1C(=O)OC(c2ccc(O)c(OC)c2)OC1=O. The number of hydrogen-bond acceptors (Lipinski definition) is 6. The highest BCUT2D eigenvalue weighted by atomic mass is 16.7. The van der Waals surface area contributed by atoms with Crippen molar-refractivity contribution in [2.75, 3.05) is 7.11 Å². The molecule has 1 aromatic carbocycles. The zero-order valence-corrected chi connectivity index (χ0v) is 16.6. The standard InChI is InChI=1S/C21H30O6/c1-5-8-9-12-21(6-2,7-3)17-18(23)26-20(27-19(17)24)14-10-11-15(22)16(13-14)25-4/h10-11,13,17,20,22H,5-9,12H2,1-4H3. The predicted molar refractivity (Wildman–Crippen MR) is 100 cm³/mol. The van der Waals surface area contributed by atoms with Crippen molar-refractivity contribution >= 4 is 11.9 Å². The molecule has 0 bridgehead atoms. The number of phenolic OH excluding ortho intramolecular Hbond substituents is 1. The third-order valence-corrected chi connectivity index (χ3v) is 5.69. The van der Waals surface area contributed by atoms with Gasteiger partial charge < -0.3 is 19.3 Å². The first-order valence-electron chi connectivity index (χ1n) is 9.70. The van der Waals surface area contributed by atoms with Gasteiger partial charge in [-0.15, -0.1) is 0 Å². The monoisotopic (exact) mass is 378 g/mol. The van der Waals surface area contributed by atoms with Crippen molar-refractivity contribution in [2.45, 2.75) is 65.6 Å². The van der Waals surface area contributed by atoms with Crippen LogP contribution in [0.3, 0.4) is 0 Å². The zero-order valence-electron chi connectivity index (χ0n) is 16.6. The van der Waals surface area contributed by atoms with Gasteiger partial charge >= 0.3 is 11.9 Å². The predicted octanol–water partition coefficient (Wildman–Crippen LogP) is 4.50. The molecule has 6 heteroatoms. The van der Waals surface area contributed by atoms with Gasteiger partial charge in [0, 0.05) is 5.56 Å². The highest BCUT2D eigenvalue weighted by Crippen LogP contribution is 2.45. The molecule has 0 amide bonds. The molecule has 27 heavy (non-hydrogen) atoms. The summed E-state index contributed by atoms with van der Waals surface area (Å²) in [4.78, 5) is 25.6. The lowest BCUT2D eigenvalue weighted by Crippen LogP contribution is -2.47. The summed E-state index contributed by atoms with van der Waals surface area (Å²) in [7, 11) is 1.42. The number of carbonyl (C=O) groups excluding carboxylic acids is 2. The van der Waals surface area contributed by atoms with E-state index >= 15 is 0 Å². The summed E-state index contributed by atoms with van der Waals surface area (Å²) < 4.78 is 16.0. The van der Waals surface area contributed by atoms with Gasteiger partial charge in [-0.1, -0.05) is 40.0 Å². The maximum atomic E-state index is 12.8. The van der Waals surface area contributed by atoms with Crippen LogP contribution in [0.4, 0.5) is 0 Å². The average Bonchev–Trinajstić information content (AvgIpc) is 2.66. The summed E-state index contributed by atoms with van der Waals surface area (Å²) in [6, 6.07) is 4.45. The first-order chi connectivity index (χ1) is 12.9. The van der Waals surface area contributed by atoms with Gasteiger partial charge in [-0.05, 0) is 42.9 Å². The highest BCUT2D eigenvalue weighted by molar-refractivity contribution is 5.97. The smallest absolute Gasteiger partial charge is 0.324 e. The van der Waals surface area contributed by atoms with E-state index in [0.29, 0.717) is 18.4 Å². The van der Waals surface area contributed by atoms with Gasteiger partial charge in [-0.25, -0.2) is 0 Å². The normalized spacial score (nSPS) is 20.1. The Kier molecular flexibility index (Phi) is 7.11. The number of carbonyl (C=O) groups is 2. The average molecular weight is 378 g/mol. The number of unbranched alkanes of at least 4 members (excludes halogenated alkanes) is 2. The lowest BCUT2D eigenvalue weighted by Gasteiger charge is -2.40. The van der Waals surface area contributed by atoms with E-state index in [4.69, 9.17) is 14.2 Å². The van der Waals surface area contributed by atoms with E-state index < -0.39 is 29.6 Å². The summed E-state index contributed by atoms with van der Waals surface area (Å²) in [5.74, 6) is -1.80. The molecule has 1 heterocycles. The Labute approximate surface area is 160 Å². The summed E-state index contributed by atoms with van der Waals surface area (Å²) in [6.07, 6.45) is 4.19. The largest absolute Gasteiger partial charge is 0.504 e. The fourth-order valence-corrected chi connectivity index (χ4v) is 3.83. The number of hydrogen-bond donors (Lipinski definition) is 1. The molecule has 0 saturated carbocycles. The maximum Gasteiger partial charge on any atom is 0.324 e. The van der Waals surface area contributed by atoms with Gasteiger partial charge in [0.1, 0.15) is 0 Å². The Morgan fingerprint density at radius 2 is 1.70 bits per heavy atom. The molecule has 0 unspecified atom stereocenters. The van der Waals surface area contributed by atoms with Crippen molar-refractivity contribution in [1.29, 1.82) is 0 Å². The van der Waals surface area contributed by atoms with E-state index in [9.17, 15) is 14.7 Å². The second-order valence-corrected chi connectivity index (χ2v) is 7.10. The quantitative estimate of drug-likeness (QED) is 0.387. The van der Waals surface area contributed by atoms with Gasteiger partial charge in [0.15, 0.2) is 17.4 Å². The number of rotatable bonds is 9. The third kappa shape index (κ3) is 4.37. The van der Waals surface area contributed by atoms with E-state index in [1.807, 2.05) is 13.8 Å². The molecule has 0 aliphatic carbocycles. The minimum atomic E-state index is -1.13. The van der Waals surface area contributed by atoms with Crippen LogP contribution in [0.25, 0.3) is 0 Å². The molecule has 1 aromatic rings. The van der Waals surface area contributed by atoms with Crippen LogP contribution in [0, 0.1) is 11.3 Å². The fourth-order valence-electron chi connectivity index (χ4n) is 3.83. The molecule has 1 saturated heterocycles. The first-order valence-corrected chi connectivity index (χ1v) is 9.70. The van der Waals surface area contributed by atoms with Gasteiger partial charge in [-0.3, -0.25) is 9.59 Å². The van der Waals surface area contributed by atoms with Crippen LogP contribution < -0.4 is 4.74 Å². The Morgan fingerprint density at radius 3 is 2.22 bits per heavy atom. The summed E-state index contributed by atoms with van der Waals surface area (Å²) in [5, 5.41) is 9.71. The molecule has 1 aliphatic rings. The Morgan fingerprint density at radius 1 is 1.07 bits per heavy atom. The lowest BCUT2D eigenvalue weighted by molar-refractivity contribution is -0.222. The van der Waals surface area contributed by atoms with Crippen molar-refractivity contribution in [1.82, 2.24) is 0 Å². The number of benzene rings is 1. The van der Waals surface area contributed by atoms with Crippen LogP contribution in [0.5, 0.6) is 11.5 Å². The van der Waals surface area contributed by atoms with Gasteiger partial charge in [0.05, 0.1) is 7.11 Å². The molecule has 0 radical (unpaired) electrons. The highest BCUT2D eigenvalue weighted by Gasteiger charge is 2.51. The number of ether oxygens (including phenoxy) is 3. The molecule has 0 spiro atoms. The van der Waals surface area contributed by atoms with Crippen molar-refractivity contribution in [3.05, 3.63) is 23.8 Å². The van der Waals surface area contributed by atoms with Gasteiger partial charge in [-0.2, -0.15) is 0 Å². The maximum absolute atomic E-state index is 12.8. The van der Waals surface area contributed by atoms with Crippen LogP contribution in [-0.2, 0) is 19.1 Å². The molecular weight excluding hydrogens is 348 g/mol. The topological polar surface area (TPSA) is 82.1 Å². The number of methoxy groups -OCH3 is 1. The van der Waals surface area contributed by atoms with Gasteiger partial charge in [0.25, 0.3) is 6.29 Å². The van der Waals surface area contributed by atoms with E-state index in [-0.39, 0.29) is 11.5 Å². The molecule has 0 aromatic heterocycles. The second kappa shape index (κ2) is 9.11. The zero-order chi connectivity index (χ0) is 20.0. The van der Waals surface area contributed by atoms with E-state index in [0.717, 1.165) is 25.7 Å². The number of cyclic esters (lactones) is 2. The number of esters is 2. The third-order valence-electron chi connectivity index (χ3n) is 5.69. The molecular formula is C21H30O6. The second-order valence-electron chi connectivity index (χ2n) is 7.10. The molecule has 2 rings (SSSR count). The summed E-state index contributed by atoms with van der Waals surface area (Å²) in [5.41, 5.74) is -0.00426. The van der Waals surface area contributed by atoms with Crippen molar-refractivity contribution in [3.63, 3.8) is 0 Å². The Hall–Kier alpha value is -2.24. The fraction of sp³-hybridized carbons (Fsp3) is 0.619. The van der Waals surface area contributed by atoms with Crippen LogP contribution in [0.1, 0.15) is 71.1 Å². The van der Waals surface area contributed by atoms with Crippen molar-refractivity contribution in [2.24, 2.45) is 11.3 Å². The summed E-state index contributed by atoms with van der Waals surface area (Å²) in [6.45, 7) is 6.14. The Balaban J connectivity index is 2.23. The van der Waals surface area contributed by atoms with E-state index in [2.05, 4.69) is 6.92 Å². The van der Waals surface area contributed by atoms with E-state index in [1.165, 1.54) is 25.3 Å². The van der Waals surface area contributed by atoms with Crippen LogP contribution in [-0.4, -0.2) is 24.2 Å². The Bertz CT molecular complexity index is 647. The van der Waals surface area contributed by atoms with Crippen molar-refractivity contribution < 1.29 is 28.9 Å². The molecule has 6 nitrogen and oxygen atoms in total. The lowest BCUT2D eigenvalue weighted by atomic mass is 9.67. The number of phenols is 1. The number of aromatic hydroxyl groups is 1. The molecule has 0 atom stereocenters. The van der Waals surface area contributed by atoms with Crippen molar-refractivity contribution in [3.8, 4) is 11.5 Å². The molecule has 1 aliphatic heterocycles.